The summed E-state index contributed by atoms with van der Waals surface area (Å²) in [6.07, 6.45) is 3.36. The molecule has 1 aromatic carbocycles. The molecule has 3 atom stereocenters. The predicted molar refractivity (Wildman–Crippen MR) is 163 cm³/mol. The second-order valence-electron chi connectivity index (χ2n) is 12.9. The van der Waals surface area contributed by atoms with Crippen molar-refractivity contribution in [1.82, 2.24) is 24.9 Å². The van der Waals surface area contributed by atoms with Crippen molar-refractivity contribution in [1.29, 1.82) is 0 Å². The molecule has 10 nitrogen and oxygen atoms in total. The number of aryl methyl sites for hydroxylation is 1. The zero-order chi connectivity index (χ0) is 29.9. The van der Waals surface area contributed by atoms with Crippen LogP contribution >= 0.6 is 0 Å². The Hall–Kier alpha value is -3.27. The third-order valence-corrected chi connectivity index (χ3v) is 7.63. The van der Waals surface area contributed by atoms with Gasteiger partial charge in [0.25, 0.3) is 0 Å². The highest BCUT2D eigenvalue weighted by Crippen LogP contribution is 2.28. The maximum Gasteiger partial charge on any atom is 0.225 e. The molecule has 0 unspecified atom stereocenters. The number of carbonyl (C=O) groups excluding carboxylic acids is 2. The molecule has 0 spiro atoms. The number of hydrogen-bond donors (Lipinski definition) is 2. The Morgan fingerprint density at radius 2 is 1.78 bits per heavy atom. The van der Waals surface area contributed by atoms with E-state index in [4.69, 9.17) is 9.72 Å². The highest BCUT2D eigenvalue weighted by Gasteiger charge is 2.29. The summed E-state index contributed by atoms with van der Waals surface area (Å²) in [6.45, 7) is 18.1. The number of rotatable bonds is 11. The fourth-order valence-corrected chi connectivity index (χ4v) is 5.41. The van der Waals surface area contributed by atoms with Crippen LogP contribution in [0.5, 0.6) is 0 Å². The van der Waals surface area contributed by atoms with E-state index in [1.54, 1.807) is 0 Å². The highest BCUT2D eigenvalue weighted by atomic mass is 16.5. The molecule has 224 valence electrons. The first-order valence-corrected chi connectivity index (χ1v) is 15.0. The van der Waals surface area contributed by atoms with Crippen LogP contribution in [0.25, 0.3) is 16.7 Å². The van der Waals surface area contributed by atoms with Gasteiger partial charge in [-0.2, -0.15) is 0 Å². The predicted octanol–water partition coefficient (Wildman–Crippen LogP) is 4.93. The average molecular weight is 566 g/mol. The number of amides is 1. The summed E-state index contributed by atoms with van der Waals surface area (Å²) in [4.78, 5) is 32.6. The van der Waals surface area contributed by atoms with Gasteiger partial charge in [-0.25, -0.2) is 4.98 Å². The number of ether oxygens (including phenoxy) is 1. The molecule has 41 heavy (non-hydrogen) atoms. The number of nitrogens with zero attached hydrogens (tertiary/aromatic N) is 5. The van der Waals surface area contributed by atoms with Crippen molar-refractivity contribution < 1.29 is 14.3 Å². The lowest BCUT2D eigenvalue weighted by atomic mass is 9.91. The topological polar surface area (TPSA) is 114 Å². The molecule has 1 aliphatic heterocycles. The Morgan fingerprint density at radius 3 is 2.44 bits per heavy atom. The lowest BCUT2D eigenvalue weighted by Gasteiger charge is -2.36. The molecule has 0 saturated carbocycles. The van der Waals surface area contributed by atoms with Crippen LogP contribution in [0.1, 0.15) is 80.0 Å². The van der Waals surface area contributed by atoms with E-state index in [1.807, 2.05) is 41.5 Å². The molecule has 0 aliphatic carbocycles. The second-order valence-corrected chi connectivity index (χ2v) is 12.9. The molecule has 0 bridgehead atoms. The number of anilines is 2. The van der Waals surface area contributed by atoms with Crippen LogP contribution in [0.4, 0.5) is 11.5 Å². The Morgan fingerprint density at radius 1 is 1.07 bits per heavy atom. The van der Waals surface area contributed by atoms with Gasteiger partial charge >= 0.3 is 0 Å². The number of fused-ring (bicyclic) bond motifs is 3. The lowest BCUT2D eigenvalue weighted by Crippen LogP contribution is -2.48. The van der Waals surface area contributed by atoms with Crippen LogP contribution in [0.2, 0.25) is 0 Å². The van der Waals surface area contributed by atoms with Gasteiger partial charge in [0, 0.05) is 37.2 Å². The van der Waals surface area contributed by atoms with Crippen molar-refractivity contribution in [2.45, 2.75) is 99.3 Å². The van der Waals surface area contributed by atoms with Crippen LogP contribution in [0.3, 0.4) is 0 Å². The van der Waals surface area contributed by atoms with Crippen molar-refractivity contribution >= 4 is 39.9 Å². The first-order valence-electron chi connectivity index (χ1n) is 15.0. The van der Waals surface area contributed by atoms with Crippen LogP contribution in [0.15, 0.2) is 18.2 Å². The Kier molecular flexibility index (Phi) is 9.51. The number of nitrogens with one attached hydrogen (secondary N) is 2. The maximum atomic E-state index is 12.9. The van der Waals surface area contributed by atoms with E-state index in [0.29, 0.717) is 24.4 Å². The fourth-order valence-electron chi connectivity index (χ4n) is 5.41. The number of hydrogen-bond acceptors (Lipinski definition) is 8. The maximum absolute atomic E-state index is 12.9. The van der Waals surface area contributed by atoms with Gasteiger partial charge in [-0.1, -0.05) is 41.0 Å². The van der Waals surface area contributed by atoms with E-state index in [1.165, 1.54) is 0 Å². The number of unbranched alkanes of at least 4 members (excludes halogenated alkanes) is 2. The standard InChI is InChI=1S/C31H47N7O3/c1-19(2)27(34-30(40)31(6,7)8)26(39)12-10-9-11-15-32-28-29-36-35-22(5)38(29)25-14-13-23(16-24(25)33-28)37-17-20(3)41-21(4)18-37/h13-14,16,19-21,27H,9-12,15,17-18H2,1-8H3,(H,32,33)(H,34,40)/t20-,21+,27-/m0/s1. The molecule has 0 radical (unpaired) electrons. The first kappa shape index (κ1) is 30.7. The highest BCUT2D eigenvalue weighted by molar-refractivity contribution is 5.91. The SMILES string of the molecule is Cc1nnc2c(NCCCCCC(=O)[C@@H](NC(=O)C(C)(C)C)C(C)C)nc3cc(N4C[C@@H](C)O[C@@H](C)C4)ccc3n12. The van der Waals surface area contributed by atoms with E-state index < -0.39 is 11.5 Å². The minimum absolute atomic E-state index is 0.0547. The molecule has 3 aromatic rings. The van der Waals surface area contributed by atoms with Crippen LogP contribution in [-0.4, -0.2) is 69.2 Å². The van der Waals surface area contributed by atoms with Crippen LogP contribution in [-0.2, 0) is 14.3 Å². The monoisotopic (exact) mass is 565 g/mol. The molecule has 1 amide bonds. The Balaban J connectivity index is 1.38. The molecule has 1 fully saturated rings. The summed E-state index contributed by atoms with van der Waals surface area (Å²) in [5.41, 5.74) is 3.18. The van der Waals surface area contributed by atoms with Crippen molar-refractivity contribution in [3.63, 3.8) is 0 Å². The normalized spacial score (nSPS) is 18.7. The van der Waals surface area contributed by atoms with E-state index in [-0.39, 0.29) is 29.8 Å². The summed E-state index contributed by atoms with van der Waals surface area (Å²) in [5.74, 6) is 1.59. The van der Waals surface area contributed by atoms with Gasteiger partial charge in [-0.05, 0) is 57.7 Å². The Labute approximate surface area is 243 Å². The third kappa shape index (κ3) is 7.33. The quantitative estimate of drug-likeness (QED) is 0.315. The number of aromatic nitrogens is 4. The van der Waals surface area contributed by atoms with E-state index in [0.717, 1.165) is 54.9 Å². The number of benzene rings is 1. The van der Waals surface area contributed by atoms with Crippen molar-refractivity contribution in [2.75, 3.05) is 29.9 Å². The van der Waals surface area contributed by atoms with Crippen molar-refractivity contribution in [2.24, 2.45) is 11.3 Å². The van der Waals surface area contributed by atoms with E-state index in [2.05, 4.69) is 62.2 Å². The summed E-state index contributed by atoms with van der Waals surface area (Å²) >= 11 is 0. The number of carbonyl (C=O) groups is 2. The van der Waals surface area contributed by atoms with Gasteiger partial charge in [-0.3, -0.25) is 14.0 Å². The molecule has 2 aromatic heterocycles. The zero-order valence-electron chi connectivity index (χ0n) is 26.0. The molecule has 1 saturated heterocycles. The Bertz CT molecular complexity index is 1370. The molecule has 1 aliphatic rings. The molecule has 3 heterocycles. The summed E-state index contributed by atoms with van der Waals surface area (Å²) < 4.78 is 7.97. The number of morpholine rings is 1. The van der Waals surface area contributed by atoms with Gasteiger partial charge in [0.05, 0.1) is 29.3 Å². The lowest BCUT2D eigenvalue weighted by molar-refractivity contribution is -0.133. The zero-order valence-corrected chi connectivity index (χ0v) is 26.0. The second kappa shape index (κ2) is 12.7. The first-order chi connectivity index (χ1) is 19.3. The molecule has 10 heteroatoms. The largest absolute Gasteiger partial charge is 0.372 e. The van der Waals surface area contributed by atoms with Gasteiger partial charge in [0.2, 0.25) is 11.6 Å². The summed E-state index contributed by atoms with van der Waals surface area (Å²) in [5, 5.41) is 15.1. The van der Waals surface area contributed by atoms with Crippen molar-refractivity contribution in [3.8, 4) is 0 Å². The molecular formula is C31H47N7O3. The molecular weight excluding hydrogens is 518 g/mol. The minimum Gasteiger partial charge on any atom is -0.372 e. The van der Waals surface area contributed by atoms with Gasteiger partial charge in [0.1, 0.15) is 5.82 Å². The molecule has 4 rings (SSSR count). The third-order valence-electron chi connectivity index (χ3n) is 7.63. The number of ketones is 1. The van der Waals surface area contributed by atoms with Gasteiger partial charge in [0.15, 0.2) is 11.6 Å². The summed E-state index contributed by atoms with van der Waals surface area (Å²) in [6, 6.07) is 5.93. The van der Waals surface area contributed by atoms with Gasteiger partial charge < -0.3 is 20.3 Å². The van der Waals surface area contributed by atoms with E-state index in [9.17, 15) is 9.59 Å². The minimum atomic E-state index is -0.522. The molecule has 2 N–H and O–H groups in total. The van der Waals surface area contributed by atoms with Gasteiger partial charge in [-0.15, -0.1) is 10.2 Å². The fraction of sp³-hybridized carbons (Fsp3) is 0.645. The van der Waals surface area contributed by atoms with Crippen LogP contribution in [0, 0.1) is 18.3 Å². The van der Waals surface area contributed by atoms with Crippen molar-refractivity contribution in [3.05, 3.63) is 24.0 Å². The van der Waals surface area contributed by atoms with E-state index >= 15 is 0 Å². The average Bonchev–Trinajstić information content (AvgIpc) is 3.29. The van der Waals surface area contributed by atoms with Crippen LogP contribution < -0.4 is 15.5 Å². The smallest absolute Gasteiger partial charge is 0.225 e. The summed E-state index contributed by atoms with van der Waals surface area (Å²) in [7, 11) is 0. The number of Topliss-reactive ketones (excluding diaryl/α,β-unsaturated/α-hetero) is 1.